The maximum Gasteiger partial charge on any atom is 0.0560 e. The summed E-state index contributed by atoms with van der Waals surface area (Å²) < 4.78 is 1.90. The summed E-state index contributed by atoms with van der Waals surface area (Å²) in [6.07, 6.45) is 3.73. The molecule has 1 N–H and O–H groups in total. The molecule has 96 valence electrons. The van der Waals surface area contributed by atoms with E-state index in [2.05, 4.69) is 17.3 Å². The van der Waals surface area contributed by atoms with Gasteiger partial charge >= 0.3 is 0 Å². The summed E-state index contributed by atoms with van der Waals surface area (Å²) in [6, 6.07) is 7.72. The van der Waals surface area contributed by atoms with Crippen LogP contribution in [0.2, 0.25) is 10.0 Å². The predicted octanol–water partition coefficient (Wildman–Crippen LogP) is 3.37. The topological polar surface area (TPSA) is 29.9 Å². The first kappa shape index (κ1) is 13.4. The van der Waals surface area contributed by atoms with Gasteiger partial charge < -0.3 is 5.32 Å². The van der Waals surface area contributed by atoms with E-state index in [1.165, 1.54) is 0 Å². The molecule has 2 rings (SSSR count). The van der Waals surface area contributed by atoms with E-state index in [0.717, 1.165) is 17.1 Å². The van der Waals surface area contributed by atoms with E-state index >= 15 is 0 Å². The van der Waals surface area contributed by atoms with Crippen LogP contribution in [0.1, 0.15) is 12.5 Å². The molecule has 0 saturated heterocycles. The smallest absolute Gasteiger partial charge is 0.0560 e. The lowest BCUT2D eigenvalue weighted by molar-refractivity contribution is 0.451. The molecule has 0 radical (unpaired) electrons. The normalized spacial score (nSPS) is 12.6. The van der Waals surface area contributed by atoms with Gasteiger partial charge in [-0.2, -0.15) is 5.10 Å². The van der Waals surface area contributed by atoms with Crippen LogP contribution in [0.5, 0.6) is 0 Å². The molecule has 0 amide bonds. The van der Waals surface area contributed by atoms with Crippen LogP contribution in [0.4, 0.5) is 0 Å². The maximum absolute atomic E-state index is 6.11. The van der Waals surface area contributed by atoms with Gasteiger partial charge in [0.1, 0.15) is 0 Å². The molecule has 3 nitrogen and oxygen atoms in total. The van der Waals surface area contributed by atoms with Gasteiger partial charge in [-0.3, -0.25) is 4.68 Å². The lowest BCUT2D eigenvalue weighted by Crippen LogP contribution is -2.30. The highest BCUT2D eigenvalue weighted by Crippen LogP contribution is 2.20. The van der Waals surface area contributed by atoms with Gasteiger partial charge in [0.05, 0.1) is 6.54 Å². The number of nitrogens with one attached hydrogen (secondary N) is 1. The van der Waals surface area contributed by atoms with E-state index in [4.69, 9.17) is 23.2 Å². The van der Waals surface area contributed by atoms with Crippen molar-refractivity contribution in [2.24, 2.45) is 0 Å². The van der Waals surface area contributed by atoms with Gasteiger partial charge in [-0.1, -0.05) is 23.2 Å². The molecule has 0 fully saturated rings. The Hall–Kier alpha value is -1.03. The average Bonchev–Trinajstić information content (AvgIpc) is 2.83. The molecule has 18 heavy (non-hydrogen) atoms. The summed E-state index contributed by atoms with van der Waals surface area (Å²) in [5.74, 6) is 0. The standard InChI is InChI=1S/C13H15Cl2N3/c1-10(9-18-6-2-5-17-18)16-8-11-7-12(14)3-4-13(11)15/h2-7,10,16H,8-9H2,1H3. The first-order valence-corrected chi connectivity index (χ1v) is 6.55. The van der Waals surface area contributed by atoms with Crippen LogP contribution in [0, 0.1) is 0 Å². The van der Waals surface area contributed by atoms with Crippen molar-refractivity contribution in [2.45, 2.75) is 26.1 Å². The second-order valence-corrected chi connectivity index (χ2v) is 5.09. The fourth-order valence-electron chi connectivity index (χ4n) is 1.72. The molecular weight excluding hydrogens is 269 g/mol. The van der Waals surface area contributed by atoms with E-state index < -0.39 is 0 Å². The minimum absolute atomic E-state index is 0.306. The fourth-order valence-corrected chi connectivity index (χ4v) is 2.10. The highest BCUT2D eigenvalue weighted by atomic mass is 35.5. The molecule has 2 aromatic rings. The number of rotatable bonds is 5. The van der Waals surface area contributed by atoms with Crippen LogP contribution in [0.3, 0.4) is 0 Å². The average molecular weight is 284 g/mol. The van der Waals surface area contributed by atoms with Crippen molar-refractivity contribution < 1.29 is 0 Å². The third-order valence-electron chi connectivity index (χ3n) is 2.67. The largest absolute Gasteiger partial charge is 0.308 e. The number of hydrogen-bond donors (Lipinski definition) is 1. The summed E-state index contributed by atoms with van der Waals surface area (Å²) in [6.45, 7) is 3.63. The predicted molar refractivity (Wildman–Crippen MR) is 75.0 cm³/mol. The Morgan fingerprint density at radius 2 is 2.22 bits per heavy atom. The van der Waals surface area contributed by atoms with Crippen LogP contribution in [0.25, 0.3) is 0 Å². The minimum Gasteiger partial charge on any atom is -0.308 e. The molecule has 1 aromatic heterocycles. The molecule has 0 aliphatic rings. The Balaban J connectivity index is 1.89. The van der Waals surface area contributed by atoms with Crippen molar-refractivity contribution in [1.29, 1.82) is 0 Å². The van der Waals surface area contributed by atoms with E-state index in [1.807, 2.05) is 29.1 Å². The Kier molecular flexibility index (Phi) is 4.64. The van der Waals surface area contributed by atoms with Gasteiger partial charge in [0.25, 0.3) is 0 Å². The van der Waals surface area contributed by atoms with Crippen LogP contribution in [0.15, 0.2) is 36.7 Å². The summed E-state index contributed by atoms with van der Waals surface area (Å²) in [4.78, 5) is 0. The summed E-state index contributed by atoms with van der Waals surface area (Å²) in [5, 5.41) is 9.01. The van der Waals surface area contributed by atoms with Crippen molar-refractivity contribution in [3.63, 3.8) is 0 Å². The van der Waals surface area contributed by atoms with Gasteiger partial charge in [-0.05, 0) is 36.8 Å². The fraction of sp³-hybridized carbons (Fsp3) is 0.308. The number of nitrogens with zero attached hydrogens (tertiary/aromatic N) is 2. The van der Waals surface area contributed by atoms with Crippen molar-refractivity contribution in [3.8, 4) is 0 Å². The Morgan fingerprint density at radius 1 is 1.39 bits per heavy atom. The van der Waals surface area contributed by atoms with Gasteiger partial charge in [0.2, 0.25) is 0 Å². The Bertz CT molecular complexity index is 497. The van der Waals surface area contributed by atoms with Crippen molar-refractivity contribution >= 4 is 23.2 Å². The highest BCUT2D eigenvalue weighted by molar-refractivity contribution is 6.33. The van der Waals surface area contributed by atoms with E-state index in [-0.39, 0.29) is 0 Å². The molecule has 0 aliphatic heterocycles. The van der Waals surface area contributed by atoms with Crippen molar-refractivity contribution in [2.75, 3.05) is 0 Å². The summed E-state index contributed by atoms with van der Waals surface area (Å²) >= 11 is 12.1. The van der Waals surface area contributed by atoms with Crippen LogP contribution >= 0.6 is 23.2 Å². The van der Waals surface area contributed by atoms with Crippen LogP contribution in [-0.2, 0) is 13.1 Å². The van der Waals surface area contributed by atoms with E-state index in [1.54, 1.807) is 12.3 Å². The molecule has 0 bridgehead atoms. The van der Waals surface area contributed by atoms with E-state index in [0.29, 0.717) is 17.6 Å². The Labute approximate surface area is 117 Å². The molecule has 1 atom stereocenters. The Morgan fingerprint density at radius 3 is 2.94 bits per heavy atom. The summed E-state index contributed by atoms with van der Waals surface area (Å²) in [7, 11) is 0. The zero-order valence-electron chi connectivity index (χ0n) is 10.1. The minimum atomic E-state index is 0.306. The number of hydrogen-bond acceptors (Lipinski definition) is 2. The molecule has 0 spiro atoms. The SMILES string of the molecule is CC(Cn1cccn1)NCc1cc(Cl)ccc1Cl. The van der Waals surface area contributed by atoms with Gasteiger partial charge in [-0.15, -0.1) is 0 Å². The highest BCUT2D eigenvalue weighted by Gasteiger charge is 2.05. The lowest BCUT2D eigenvalue weighted by Gasteiger charge is -2.14. The van der Waals surface area contributed by atoms with Crippen LogP contribution in [-0.4, -0.2) is 15.8 Å². The zero-order chi connectivity index (χ0) is 13.0. The number of halogens is 2. The van der Waals surface area contributed by atoms with Crippen molar-refractivity contribution in [1.82, 2.24) is 15.1 Å². The zero-order valence-corrected chi connectivity index (χ0v) is 11.6. The quantitative estimate of drug-likeness (QED) is 0.912. The van der Waals surface area contributed by atoms with Crippen molar-refractivity contribution in [3.05, 3.63) is 52.3 Å². The van der Waals surface area contributed by atoms with E-state index in [9.17, 15) is 0 Å². The molecule has 5 heteroatoms. The van der Waals surface area contributed by atoms with Crippen LogP contribution < -0.4 is 5.32 Å². The first-order chi connectivity index (χ1) is 8.65. The summed E-state index contributed by atoms with van der Waals surface area (Å²) in [5.41, 5.74) is 1.01. The maximum atomic E-state index is 6.11. The molecule has 1 aromatic carbocycles. The molecule has 1 unspecified atom stereocenters. The molecule has 0 aliphatic carbocycles. The monoisotopic (exact) mass is 283 g/mol. The third kappa shape index (κ3) is 3.73. The number of aromatic nitrogens is 2. The first-order valence-electron chi connectivity index (χ1n) is 5.80. The molecule has 1 heterocycles. The number of benzene rings is 1. The lowest BCUT2D eigenvalue weighted by atomic mass is 10.2. The van der Waals surface area contributed by atoms with Gasteiger partial charge in [0.15, 0.2) is 0 Å². The second-order valence-electron chi connectivity index (χ2n) is 4.25. The molecule has 0 saturated carbocycles. The third-order valence-corrected chi connectivity index (χ3v) is 3.27. The molecular formula is C13H15Cl2N3. The van der Waals surface area contributed by atoms with Gasteiger partial charge in [0, 0.05) is 35.0 Å². The van der Waals surface area contributed by atoms with Gasteiger partial charge in [-0.25, -0.2) is 0 Å². The second kappa shape index (κ2) is 6.23.